The Morgan fingerprint density at radius 1 is 1.50 bits per heavy atom. The van der Waals surface area contributed by atoms with E-state index in [2.05, 4.69) is 6.58 Å². The van der Waals surface area contributed by atoms with Crippen molar-refractivity contribution in [1.29, 1.82) is 0 Å². The predicted molar refractivity (Wildman–Crippen MR) is 48.1 cm³/mol. The van der Waals surface area contributed by atoms with Crippen molar-refractivity contribution in [3.05, 3.63) is 48.3 Å². The van der Waals surface area contributed by atoms with E-state index in [-0.39, 0.29) is 11.9 Å². The zero-order valence-electron chi connectivity index (χ0n) is 6.83. The highest BCUT2D eigenvalue weighted by Crippen LogP contribution is 2.17. The van der Waals surface area contributed by atoms with Gasteiger partial charge in [-0.1, -0.05) is 24.3 Å². The van der Waals surface area contributed by atoms with Crippen molar-refractivity contribution in [3.8, 4) is 0 Å². The van der Waals surface area contributed by atoms with Crippen LogP contribution in [0.2, 0.25) is 0 Å². The van der Waals surface area contributed by atoms with E-state index in [4.69, 9.17) is 5.73 Å². The lowest BCUT2D eigenvalue weighted by atomic mass is 10.0. The van der Waals surface area contributed by atoms with Crippen LogP contribution >= 0.6 is 0 Å². The van der Waals surface area contributed by atoms with Crippen LogP contribution in [-0.2, 0) is 0 Å². The van der Waals surface area contributed by atoms with E-state index in [1.807, 2.05) is 0 Å². The van der Waals surface area contributed by atoms with Crippen LogP contribution in [0.4, 0.5) is 4.39 Å². The molecule has 2 heteroatoms. The van der Waals surface area contributed by atoms with Gasteiger partial charge in [0.1, 0.15) is 5.82 Å². The molecule has 1 rings (SSSR count). The smallest absolute Gasteiger partial charge is 0.127 e. The SMILES string of the molecule is C=CCC(N)c1ccccc1F. The third-order valence-electron chi connectivity index (χ3n) is 1.73. The van der Waals surface area contributed by atoms with Crippen molar-refractivity contribution in [2.45, 2.75) is 12.5 Å². The van der Waals surface area contributed by atoms with Gasteiger partial charge in [0.2, 0.25) is 0 Å². The molecule has 2 N–H and O–H groups in total. The molecule has 0 heterocycles. The first-order valence-corrected chi connectivity index (χ1v) is 3.86. The average Bonchev–Trinajstić information content (AvgIpc) is 2.05. The molecule has 0 aliphatic carbocycles. The summed E-state index contributed by atoms with van der Waals surface area (Å²) in [5.74, 6) is -0.244. The molecule has 0 spiro atoms. The van der Waals surface area contributed by atoms with Crippen LogP contribution in [0.15, 0.2) is 36.9 Å². The minimum Gasteiger partial charge on any atom is -0.324 e. The quantitative estimate of drug-likeness (QED) is 0.684. The topological polar surface area (TPSA) is 26.0 Å². The van der Waals surface area contributed by atoms with Gasteiger partial charge in [-0.05, 0) is 12.5 Å². The molecular weight excluding hydrogens is 153 g/mol. The molecule has 1 unspecified atom stereocenters. The van der Waals surface area contributed by atoms with Gasteiger partial charge in [0.25, 0.3) is 0 Å². The molecule has 12 heavy (non-hydrogen) atoms. The molecular formula is C10H12FN. The normalized spacial score (nSPS) is 12.5. The maximum atomic E-state index is 13.0. The van der Waals surface area contributed by atoms with Gasteiger partial charge in [0, 0.05) is 11.6 Å². The van der Waals surface area contributed by atoms with Gasteiger partial charge in [-0.15, -0.1) is 6.58 Å². The van der Waals surface area contributed by atoms with Crippen LogP contribution < -0.4 is 5.73 Å². The van der Waals surface area contributed by atoms with E-state index in [1.54, 1.807) is 24.3 Å². The molecule has 1 atom stereocenters. The molecule has 0 bridgehead atoms. The van der Waals surface area contributed by atoms with Crippen molar-refractivity contribution in [2.75, 3.05) is 0 Å². The Morgan fingerprint density at radius 2 is 2.17 bits per heavy atom. The van der Waals surface area contributed by atoms with Crippen LogP contribution in [0.3, 0.4) is 0 Å². The lowest BCUT2D eigenvalue weighted by molar-refractivity contribution is 0.583. The van der Waals surface area contributed by atoms with Gasteiger partial charge in [0.15, 0.2) is 0 Å². The second kappa shape index (κ2) is 4.02. The predicted octanol–water partition coefficient (Wildman–Crippen LogP) is 2.40. The van der Waals surface area contributed by atoms with Crippen LogP contribution in [0.1, 0.15) is 18.0 Å². The molecule has 0 amide bonds. The van der Waals surface area contributed by atoms with Gasteiger partial charge < -0.3 is 5.73 Å². The first-order chi connectivity index (χ1) is 5.75. The highest BCUT2D eigenvalue weighted by Gasteiger charge is 2.07. The molecule has 0 saturated carbocycles. The number of nitrogens with two attached hydrogens (primary N) is 1. The van der Waals surface area contributed by atoms with Gasteiger partial charge >= 0.3 is 0 Å². The summed E-state index contributed by atoms with van der Waals surface area (Å²) in [5.41, 5.74) is 6.25. The molecule has 1 aromatic rings. The number of hydrogen-bond acceptors (Lipinski definition) is 1. The molecule has 1 aromatic carbocycles. The first kappa shape index (κ1) is 8.94. The standard InChI is InChI=1S/C10H12FN/c1-2-5-10(12)8-6-3-4-7-9(8)11/h2-4,6-7,10H,1,5,12H2. The minimum absolute atomic E-state index is 0.244. The molecule has 0 aliphatic rings. The van der Waals surface area contributed by atoms with Crippen LogP contribution in [0, 0.1) is 5.82 Å². The summed E-state index contributed by atoms with van der Waals surface area (Å²) in [4.78, 5) is 0. The van der Waals surface area contributed by atoms with Gasteiger partial charge in [0.05, 0.1) is 0 Å². The Kier molecular flexibility index (Phi) is 3.00. The minimum atomic E-state index is -0.274. The Labute approximate surface area is 71.7 Å². The summed E-state index contributed by atoms with van der Waals surface area (Å²) in [6.45, 7) is 3.55. The van der Waals surface area contributed by atoms with Crippen LogP contribution in [0.25, 0.3) is 0 Å². The Hall–Kier alpha value is -1.15. The fourth-order valence-electron chi connectivity index (χ4n) is 1.08. The summed E-state index contributed by atoms with van der Waals surface area (Å²) in [7, 11) is 0. The van der Waals surface area contributed by atoms with Crippen molar-refractivity contribution in [2.24, 2.45) is 5.73 Å². The molecule has 0 radical (unpaired) electrons. The lowest BCUT2D eigenvalue weighted by Crippen LogP contribution is -2.10. The number of halogens is 1. The fraction of sp³-hybridized carbons (Fsp3) is 0.200. The third-order valence-corrected chi connectivity index (χ3v) is 1.73. The van der Waals surface area contributed by atoms with E-state index in [1.165, 1.54) is 6.07 Å². The monoisotopic (exact) mass is 165 g/mol. The van der Waals surface area contributed by atoms with Gasteiger partial charge in [-0.25, -0.2) is 4.39 Å². The van der Waals surface area contributed by atoms with Crippen molar-refractivity contribution < 1.29 is 4.39 Å². The zero-order chi connectivity index (χ0) is 8.97. The fourth-order valence-corrected chi connectivity index (χ4v) is 1.08. The van der Waals surface area contributed by atoms with E-state index < -0.39 is 0 Å². The summed E-state index contributed by atoms with van der Waals surface area (Å²) in [6, 6.07) is 6.27. The van der Waals surface area contributed by atoms with E-state index >= 15 is 0 Å². The van der Waals surface area contributed by atoms with Gasteiger partial charge in [-0.2, -0.15) is 0 Å². The summed E-state index contributed by atoms with van der Waals surface area (Å²) in [6.07, 6.45) is 2.29. The Morgan fingerprint density at radius 3 is 2.75 bits per heavy atom. The van der Waals surface area contributed by atoms with E-state index in [0.717, 1.165) is 0 Å². The molecule has 1 nitrogen and oxygen atoms in total. The third kappa shape index (κ3) is 1.92. The first-order valence-electron chi connectivity index (χ1n) is 3.86. The van der Waals surface area contributed by atoms with Crippen molar-refractivity contribution in [3.63, 3.8) is 0 Å². The summed E-state index contributed by atoms with van der Waals surface area (Å²) < 4.78 is 13.0. The summed E-state index contributed by atoms with van der Waals surface area (Å²) in [5, 5.41) is 0. The number of hydrogen-bond donors (Lipinski definition) is 1. The molecule has 0 fully saturated rings. The molecule has 0 aliphatic heterocycles. The van der Waals surface area contributed by atoms with Crippen molar-refractivity contribution in [1.82, 2.24) is 0 Å². The van der Waals surface area contributed by atoms with E-state index in [9.17, 15) is 4.39 Å². The molecule has 0 saturated heterocycles. The largest absolute Gasteiger partial charge is 0.324 e. The highest BCUT2D eigenvalue weighted by atomic mass is 19.1. The molecule has 64 valence electrons. The number of rotatable bonds is 3. The zero-order valence-corrected chi connectivity index (χ0v) is 6.83. The second-order valence-corrected chi connectivity index (χ2v) is 2.65. The maximum Gasteiger partial charge on any atom is 0.127 e. The summed E-state index contributed by atoms with van der Waals surface area (Å²) >= 11 is 0. The van der Waals surface area contributed by atoms with Crippen LogP contribution in [0.5, 0.6) is 0 Å². The Balaban J connectivity index is 2.86. The maximum absolute atomic E-state index is 13.0. The van der Waals surface area contributed by atoms with E-state index in [0.29, 0.717) is 12.0 Å². The average molecular weight is 165 g/mol. The Bertz CT molecular complexity index is 270. The van der Waals surface area contributed by atoms with Crippen LogP contribution in [-0.4, -0.2) is 0 Å². The van der Waals surface area contributed by atoms with Crippen molar-refractivity contribution >= 4 is 0 Å². The number of benzene rings is 1. The second-order valence-electron chi connectivity index (χ2n) is 2.65. The molecule has 0 aromatic heterocycles. The lowest BCUT2D eigenvalue weighted by Gasteiger charge is -2.09. The van der Waals surface area contributed by atoms with Gasteiger partial charge in [-0.3, -0.25) is 0 Å². The highest BCUT2D eigenvalue weighted by molar-refractivity contribution is 5.21.